The van der Waals surface area contributed by atoms with E-state index in [0.717, 1.165) is 25.1 Å². The molecule has 0 atom stereocenters. The molecule has 0 radical (unpaired) electrons. The molecule has 0 saturated carbocycles. The van der Waals surface area contributed by atoms with Gasteiger partial charge >= 0.3 is 6.18 Å². The number of rotatable bonds is 7. The Kier molecular flexibility index (Phi) is 6.21. The first-order chi connectivity index (χ1) is 13.4. The summed E-state index contributed by atoms with van der Waals surface area (Å²) in [6, 6.07) is 16.6. The lowest BCUT2D eigenvalue weighted by Gasteiger charge is -2.15. The SMILES string of the molecule is CN(CCc1ccccc1)Cc1oc(-c2ccc(C(F)(F)F)cc2)cc1CO. The Hall–Kier alpha value is -2.57. The quantitative estimate of drug-likeness (QED) is 0.608. The zero-order valence-corrected chi connectivity index (χ0v) is 15.5. The molecule has 0 spiro atoms. The van der Waals surface area contributed by atoms with Crippen LogP contribution in [0.2, 0.25) is 0 Å². The molecule has 0 fully saturated rings. The van der Waals surface area contributed by atoms with E-state index in [1.807, 2.05) is 25.2 Å². The third kappa shape index (κ3) is 5.03. The normalized spacial score (nSPS) is 11.9. The predicted octanol–water partition coefficient (Wildman–Crippen LogP) is 5.13. The van der Waals surface area contributed by atoms with E-state index in [4.69, 9.17) is 4.42 Å². The van der Waals surface area contributed by atoms with Crippen LogP contribution in [0.1, 0.15) is 22.5 Å². The van der Waals surface area contributed by atoms with E-state index >= 15 is 0 Å². The summed E-state index contributed by atoms with van der Waals surface area (Å²) in [6.07, 6.45) is -3.48. The van der Waals surface area contributed by atoms with Crippen molar-refractivity contribution in [1.82, 2.24) is 4.90 Å². The Morgan fingerprint density at radius 3 is 2.29 bits per heavy atom. The van der Waals surface area contributed by atoms with Crippen LogP contribution in [0, 0.1) is 0 Å². The highest BCUT2D eigenvalue weighted by Gasteiger charge is 2.30. The molecule has 1 aromatic heterocycles. The van der Waals surface area contributed by atoms with Crippen molar-refractivity contribution in [2.45, 2.75) is 25.7 Å². The van der Waals surface area contributed by atoms with E-state index in [1.54, 1.807) is 6.07 Å². The lowest BCUT2D eigenvalue weighted by molar-refractivity contribution is -0.137. The molecule has 0 aliphatic heterocycles. The molecule has 1 heterocycles. The number of aliphatic hydroxyl groups is 1. The molecular weight excluding hydrogens is 367 g/mol. The Labute approximate surface area is 162 Å². The van der Waals surface area contributed by atoms with Crippen LogP contribution in [-0.4, -0.2) is 23.6 Å². The van der Waals surface area contributed by atoms with Gasteiger partial charge in [-0.25, -0.2) is 0 Å². The molecule has 1 N–H and O–H groups in total. The number of hydrogen-bond acceptors (Lipinski definition) is 3. The molecule has 28 heavy (non-hydrogen) atoms. The first kappa shape index (κ1) is 20.2. The molecule has 148 valence electrons. The number of nitrogens with zero attached hydrogens (tertiary/aromatic N) is 1. The molecule has 6 heteroatoms. The highest BCUT2D eigenvalue weighted by molar-refractivity contribution is 5.59. The van der Waals surface area contributed by atoms with Gasteiger partial charge in [0.25, 0.3) is 0 Å². The number of alkyl halides is 3. The average Bonchev–Trinajstić information content (AvgIpc) is 3.09. The second kappa shape index (κ2) is 8.63. The molecular formula is C22H22F3NO2. The summed E-state index contributed by atoms with van der Waals surface area (Å²) < 4.78 is 44.0. The maximum absolute atomic E-state index is 12.7. The minimum atomic E-state index is -4.37. The van der Waals surface area contributed by atoms with Gasteiger partial charge in [0.1, 0.15) is 11.5 Å². The van der Waals surface area contributed by atoms with Crippen LogP contribution in [0.25, 0.3) is 11.3 Å². The second-order valence-corrected chi connectivity index (χ2v) is 6.77. The van der Waals surface area contributed by atoms with Gasteiger partial charge in [0, 0.05) is 17.7 Å². The predicted molar refractivity (Wildman–Crippen MR) is 102 cm³/mol. The van der Waals surface area contributed by atoms with Crippen molar-refractivity contribution in [1.29, 1.82) is 0 Å². The van der Waals surface area contributed by atoms with Crippen molar-refractivity contribution < 1.29 is 22.7 Å². The molecule has 0 unspecified atom stereocenters. The topological polar surface area (TPSA) is 36.6 Å². The molecule has 0 bridgehead atoms. The zero-order chi connectivity index (χ0) is 20.1. The van der Waals surface area contributed by atoms with Crippen molar-refractivity contribution in [2.75, 3.05) is 13.6 Å². The molecule has 3 aromatic rings. The van der Waals surface area contributed by atoms with Crippen LogP contribution in [0.5, 0.6) is 0 Å². The Morgan fingerprint density at radius 1 is 1.00 bits per heavy atom. The summed E-state index contributed by atoms with van der Waals surface area (Å²) in [7, 11) is 1.96. The summed E-state index contributed by atoms with van der Waals surface area (Å²) in [5.41, 5.74) is 1.72. The van der Waals surface area contributed by atoms with Crippen molar-refractivity contribution in [3.05, 3.63) is 83.1 Å². The summed E-state index contributed by atoms with van der Waals surface area (Å²) in [6.45, 7) is 1.13. The van der Waals surface area contributed by atoms with Crippen molar-refractivity contribution in [3.63, 3.8) is 0 Å². The van der Waals surface area contributed by atoms with Gasteiger partial charge in [0.05, 0.1) is 18.7 Å². The number of likely N-dealkylation sites (N-methyl/N-ethyl adjacent to an activating group) is 1. The Balaban J connectivity index is 1.70. The fraction of sp³-hybridized carbons (Fsp3) is 0.273. The smallest absolute Gasteiger partial charge is 0.416 e. The van der Waals surface area contributed by atoms with E-state index in [1.165, 1.54) is 17.7 Å². The maximum Gasteiger partial charge on any atom is 0.416 e. The number of furan rings is 1. The highest BCUT2D eigenvalue weighted by Crippen LogP contribution is 2.32. The van der Waals surface area contributed by atoms with Crippen LogP contribution in [-0.2, 0) is 25.7 Å². The Morgan fingerprint density at radius 2 is 1.68 bits per heavy atom. The van der Waals surface area contributed by atoms with E-state index in [0.29, 0.717) is 29.2 Å². The van der Waals surface area contributed by atoms with Crippen molar-refractivity contribution in [3.8, 4) is 11.3 Å². The molecule has 0 aliphatic rings. The number of benzene rings is 2. The molecule has 0 aliphatic carbocycles. The largest absolute Gasteiger partial charge is 0.459 e. The Bertz CT molecular complexity index is 886. The van der Waals surface area contributed by atoms with Crippen LogP contribution in [0.15, 0.2) is 65.1 Å². The summed E-state index contributed by atoms with van der Waals surface area (Å²) in [4.78, 5) is 2.08. The summed E-state index contributed by atoms with van der Waals surface area (Å²) >= 11 is 0. The number of halogens is 3. The van der Waals surface area contributed by atoms with Gasteiger partial charge < -0.3 is 9.52 Å². The van der Waals surface area contributed by atoms with E-state index in [9.17, 15) is 18.3 Å². The first-order valence-electron chi connectivity index (χ1n) is 8.99. The van der Waals surface area contributed by atoms with Gasteiger partial charge in [-0.05, 0) is 37.2 Å². The highest BCUT2D eigenvalue weighted by atomic mass is 19.4. The van der Waals surface area contributed by atoms with Crippen LogP contribution < -0.4 is 0 Å². The number of hydrogen-bond donors (Lipinski definition) is 1. The third-order valence-corrected chi connectivity index (χ3v) is 4.60. The van der Waals surface area contributed by atoms with Gasteiger partial charge in [-0.3, -0.25) is 4.90 Å². The maximum atomic E-state index is 12.7. The van der Waals surface area contributed by atoms with Crippen LogP contribution in [0.4, 0.5) is 13.2 Å². The monoisotopic (exact) mass is 389 g/mol. The van der Waals surface area contributed by atoms with Gasteiger partial charge in [0.15, 0.2) is 0 Å². The molecule has 2 aromatic carbocycles. The van der Waals surface area contributed by atoms with Crippen LogP contribution in [0.3, 0.4) is 0 Å². The zero-order valence-electron chi connectivity index (χ0n) is 15.5. The summed E-state index contributed by atoms with van der Waals surface area (Å²) in [5, 5.41) is 9.62. The molecule has 3 rings (SSSR count). The van der Waals surface area contributed by atoms with Crippen molar-refractivity contribution in [2.24, 2.45) is 0 Å². The average molecular weight is 389 g/mol. The van der Waals surface area contributed by atoms with E-state index in [-0.39, 0.29) is 6.61 Å². The lowest BCUT2D eigenvalue weighted by Crippen LogP contribution is -2.21. The van der Waals surface area contributed by atoms with Crippen LogP contribution >= 0.6 is 0 Å². The fourth-order valence-electron chi connectivity index (χ4n) is 2.99. The summed E-state index contributed by atoms with van der Waals surface area (Å²) in [5.74, 6) is 1.07. The van der Waals surface area contributed by atoms with E-state index in [2.05, 4.69) is 17.0 Å². The standard InChI is InChI=1S/C22H22F3NO2/c1-26(12-11-16-5-3-2-4-6-16)14-21-18(15-27)13-20(28-21)17-7-9-19(10-8-17)22(23,24)25/h2-10,13,27H,11-12,14-15H2,1H3. The van der Waals surface area contributed by atoms with Gasteiger partial charge in [-0.15, -0.1) is 0 Å². The van der Waals surface area contributed by atoms with Gasteiger partial charge in [-0.2, -0.15) is 13.2 Å². The minimum absolute atomic E-state index is 0.188. The third-order valence-electron chi connectivity index (χ3n) is 4.60. The fourth-order valence-corrected chi connectivity index (χ4v) is 2.99. The first-order valence-corrected chi connectivity index (χ1v) is 8.99. The lowest BCUT2D eigenvalue weighted by atomic mass is 10.1. The van der Waals surface area contributed by atoms with Gasteiger partial charge in [0.2, 0.25) is 0 Å². The molecule has 0 saturated heterocycles. The number of aliphatic hydroxyl groups excluding tert-OH is 1. The molecule has 0 amide bonds. The van der Waals surface area contributed by atoms with Crippen molar-refractivity contribution >= 4 is 0 Å². The second-order valence-electron chi connectivity index (χ2n) is 6.77. The van der Waals surface area contributed by atoms with Gasteiger partial charge in [-0.1, -0.05) is 42.5 Å². The van der Waals surface area contributed by atoms with E-state index < -0.39 is 11.7 Å². The minimum Gasteiger partial charge on any atom is -0.459 e. The molecule has 3 nitrogen and oxygen atoms in total.